The Balaban J connectivity index is 0.000000327. The predicted molar refractivity (Wildman–Crippen MR) is 88.4 cm³/mol. The van der Waals surface area contributed by atoms with E-state index < -0.39 is 0 Å². The lowest BCUT2D eigenvalue weighted by Gasteiger charge is -2.14. The summed E-state index contributed by atoms with van der Waals surface area (Å²) in [6, 6.07) is 6.50. The number of halogens is 1. The van der Waals surface area contributed by atoms with Gasteiger partial charge in [-0.15, -0.1) is 0 Å². The molecule has 0 nitrogen and oxygen atoms in total. The molecule has 0 radical (unpaired) electrons. The monoisotopic (exact) mass is 276 g/mol. The van der Waals surface area contributed by atoms with Gasteiger partial charge in [0, 0.05) is 0 Å². The van der Waals surface area contributed by atoms with E-state index in [2.05, 4.69) is 32.9 Å². The number of aryl methyl sites for hydroxylation is 1. The first-order valence-corrected chi connectivity index (χ1v) is 7.57. The normalized spacial score (nSPS) is 13.4. The Morgan fingerprint density at radius 3 is 2.00 bits per heavy atom. The number of hydrogen-bond acceptors (Lipinski definition) is 0. The van der Waals surface area contributed by atoms with Crippen LogP contribution < -0.4 is 0 Å². The second-order valence-corrected chi connectivity index (χ2v) is 5.21. The Hall–Kier alpha value is -1.37. The minimum absolute atomic E-state index is 0.162. The lowest BCUT2D eigenvalue weighted by Crippen LogP contribution is -1.97. The zero-order valence-electron chi connectivity index (χ0n) is 13.8. The summed E-state index contributed by atoms with van der Waals surface area (Å²) in [5.41, 5.74) is 4.08. The van der Waals surface area contributed by atoms with Crippen LogP contribution in [0.2, 0.25) is 0 Å². The van der Waals surface area contributed by atoms with Gasteiger partial charge in [-0.25, -0.2) is 4.39 Å². The topological polar surface area (TPSA) is 0 Å². The lowest BCUT2D eigenvalue weighted by molar-refractivity contribution is 0.626. The van der Waals surface area contributed by atoms with E-state index in [1.807, 2.05) is 26.8 Å². The van der Waals surface area contributed by atoms with Crippen molar-refractivity contribution in [3.63, 3.8) is 0 Å². The number of benzene rings is 1. The van der Waals surface area contributed by atoms with Crippen LogP contribution in [0.15, 0.2) is 47.6 Å². The van der Waals surface area contributed by atoms with Gasteiger partial charge < -0.3 is 0 Å². The molecule has 112 valence electrons. The van der Waals surface area contributed by atoms with E-state index in [1.165, 1.54) is 30.5 Å². The Morgan fingerprint density at radius 2 is 1.65 bits per heavy atom. The molecule has 0 saturated carbocycles. The quantitative estimate of drug-likeness (QED) is 0.551. The third-order valence-electron chi connectivity index (χ3n) is 3.11. The van der Waals surface area contributed by atoms with Gasteiger partial charge in [-0.1, -0.05) is 63.1 Å². The fraction of sp³-hybridized carbons (Fsp3) is 0.474. The van der Waals surface area contributed by atoms with E-state index in [9.17, 15) is 4.39 Å². The smallest absolute Gasteiger partial charge is 0.123 e. The van der Waals surface area contributed by atoms with E-state index in [0.717, 1.165) is 11.5 Å². The van der Waals surface area contributed by atoms with Crippen LogP contribution in [-0.4, -0.2) is 0 Å². The fourth-order valence-corrected chi connectivity index (χ4v) is 1.84. The van der Waals surface area contributed by atoms with Gasteiger partial charge >= 0.3 is 0 Å². The van der Waals surface area contributed by atoms with Crippen LogP contribution in [0.4, 0.5) is 4.39 Å². The van der Waals surface area contributed by atoms with Crippen molar-refractivity contribution in [2.45, 2.75) is 54.4 Å². The summed E-state index contributed by atoms with van der Waals surface area (Å²) in [6.45, 7) is 12.6. The molecule has 0 saturated heterocycles. The summed E-state index contributed by atoms with van der Waals surface area (Å²) < 4.78 is 12.2. The summed E-state index contributed by atoms with van der Waals surface area (Å²) in [5.74, 6) is 0.578. The summed E-state index contributed by atoms with van der Waals surface area (Å²) >= 11 is 0. The minimum Gasteiger partial charge on any atom is -0.207 e. The molecule has 0 fully saturated rings. The first-order valence-electron chi connectivity index (χ1n) is 7.57. The Labute approximate surface area is 124 Å². The average molecular weight is 276 g/mol. The highest BCUT2D eigenvalue weighted by atomic mass is 19.1. The van der Waals surface area contributed by atoms with Crippen LogP contribution in [0.5, 0.6) is 0 Å². The molecule has 1 aromatic carbocycles. The molecule has 20 heavy (non-hydrogen) atoms. The molecule has 0 unspecified atom stereocenters. The van der Waals surface area contributed by atoms with Crippen molar-refractivity contribution in [2.75, 3.05) is 0 Å². The highest BCUT2D eigenvalue weighted by Crippen LogP contribution is 2.23. The summed E-state index contributed by atoms with van der Waals surface area (Å²) in [6.07, 6.45) is 7.08. The molecule has 0 spiro atoms. The number of hydrogen-bond donors (Lipinski definition) is 0. The van der Waals surface area contributed by atoms with Crippen LogP contribution in [0, 0.1) is 18.7 Å². The maximum Gasteiger partial charge on any atom is 0.123 e. The van der Waals surface area contributed by atoms with Gasteiger partial charge in [0.1, 0.15) is 5.82 Å². The van der Waals surface area contributed by atoms with E-state index in [0.29, 0.717) is 0 Å². The Kier molecular flexibility index (Phi) is 9.71. The molecule has 0 aliphatic heterocycles. The first-order chi connectivity index (χ1) is 9.49. The predicted octanol–water partition coefficient (Wildman–Crippen LogP) is 6.47. The van der Waals surface area contributed by atoms with Crippen LogP contribution in [0.1, 0.15) is 53.0 Å². The molecule has 1 aromatic rings. The summed E-state index contributed by atoms with van der Waals surface area (Å²) in [4.78, 5) is 0. The number of allylic oxidation sites excluding steroid dienone is 4. The molecule has 0 amide bonds. The molecule has 0 atom stereocenters. The molecule has 2 rings (SSSR count). The van der Waals surface area contributed by atoms with E-state index in [-0.39, 0.29) is 5.82 Å². The zero-order chi connectivity index (χ0) is 15.5. The fourth-order valence-electron chi connectivity index (χ4n) is 1.84. The maximum atomic E-state index is 12.2. The third kappa shape index (κ3) is 7.93. The first kappa shape index (κ1) is 18.6. The van der Waals surface area contributed by atoms with E-state index in [1.54, 1.807) is 11.6 Å². The number of rotatable bonds is 1. The molecule has 0 bridgehead atoms. The maximum absolute atomic E-state index is 12.2. The van der Waals surface area contributed by atoms with Crippen molar-refractivity contribution in [2.24, 2.45) is 5.92 Å². The van der Waals surface area contributed by atoms with Gasteiger partial charge in [-0.2, -0.15) is 0 Å². The SMILES string of the molecule is CC.CC1=CC=C(C(C)C)CC1.Cc1cccc(F)c1. The van der Waals surface area contributed by atoms with Gasteiger partial charge in [0.15, 0.2) is 0 Å². The largest absolute Gasteiger partial charge is 0.207 e. The van der Waals surface area contributed by atoms with Gasteiger partial charge in [0.2, 0.25) is 0 Å². The van der Waals surface area contributed by atoms with Crippen LogP contribution in [0.3, 0.4) is 0 Å². The van der Waals surface area contributed by atoms with Gasteiger partial charge in [-0.05, 0) is 50.3 Å². The van der Waals surface area contributed by atoms with Gasteiger partial charge in [-0.3, -0.25) is 0 Å². The molecule has 0 N–H and O–H groups in total. The molecular formula is C19H29F. The van der Waals surface area contributed by atoms with E-state index in [4.69, 9.17) is 0 Å². The van der Waals surface area contributed by atoms with Gasteiger partial charge in [0.05, 0.1) is 0 Å². The molecule has 0 aromatic heterocycles. The third-order valence-corrected chi connectivity index (χ3v) is 3.11. The van der Waals surface area contributed by atoms with Crippen molar-refractivity contribution in [1.82, 2.24) is 0 Å². The zero-order valence-corrected chi connectivity index (χ0v) is 13.8. The van der Waals surface area contributed by atoms with Crippen LogP contribution in [-0.2, 0) is 0 Å². The molecule has 1 heteroatoms. The second-order valence-electron chi connectivity index (χ2n) is 5.21. The molecular weight excluding hydrogens is 247 g/mol. The standard InChI is InChI=1S/C10H16.C7H7F.C2H6/c1-8(2)10-6-4-9(3)5-7-10;1-6-3-2-4-7(8)5-6;1-2/h4,6,8H,5,7H2,1-3H3;2-5H,1H3;1-2H3. The van der Waals surface area contributed by atoms with Crippen LogP contribution >= 0.6 is 0 Å². The van der Waals surface area contributed by atoms with Gasteiger partial charge in [0.25, 0.3) is 0 Å². The Bertz CT molecular complexity index is 422. The van der Waals surface area contributed by atoms with E-state index >= 15 is 0 Å². The minimum atomic E-state index is -0.162. The Morgan fingerprint density at radius 1 is 1.00 bits per heavy atom. The summed E-state index contributed by atoms with van der Waals surface area (Å²) in [7, 11) is 0. The second kappa shape index (κ2) is 10.4. The van der Waals surface area contributed by atoms with Crippen molar-refractivity contribution in [1.29, 1.82) is 0 Å². The molecule has 0 heterocycles. The lowest BCUT2D eigenvalue weighted by atomic mass is 9.92. The summed E-state index contributed by atoms with van der Waals surface area (Å²) in [5, 5.41) is 0. The average Bonchev–Trinajstić information content (AvgIpc) is 2.42. The van der Waals surface area contributed by atoms with Crippen molar-refractivity contribution in [3.05, 3.63) is 58.9 Å². The van der Waals surface area contributed by atoms with Crippen molar-refractivity contribution < 1.29 is 4.39 Å². The molecule has 1 aliphatic carbocycles. The van der Waals surface area contributed by atoms with Crippen molar-refractivity contribution >= 4 is 0 Å². The molecule has 1 aliphatic rings. The van der Waals surface area contributed by atoms with Crippen LogP contribution in [0.25, 0.3) is 0 Å². The van der Waals surface area contributed by atoms with Crippen molar-refractivity contribution in [3.8, 4) is 0 Å². The highest BCUT2D eigenvalue weighted by molar-refractivity contribution is 5.23. The highest BCUT2D eigenvalue weighted by Gasteiger charge is 2.05.